The van der Waals surface area contributed by atoms with Gasteiger partial charge in [-0.2, -0.15) is 0 Å². The van der Waals surface area contributed by atoms with Crippen molar-refractivity contribution in [2.24, 2.45) is 5.92 Å². The van der Waals surface area contributed by atoms with Crippen LogP contribution in [0.1, 0.15) is 6.92 Å². The van der Waals surface area contributed by atoms with Crippen LogP contribution in [0, 0.1) is 12.8 Å². The Balaban J connectivity index is 2.57. The van der Waals surface area contributed by atoms with Gasteiger partial charge >= 0.3 is 0 Å². The Hall–Kier alpha value is -0.690. The molecule has 0 fully saturated rings. The number of rotatable bonds is 3. The Morgan fingerprint density at radius 2 is 2.17 bits per heavy atom. The number of ether oxygens (including phenoxy) is 1. The Labute approximate surface area is 78.3 Å². The molecule has 0 bridgehead atoms. The second kappa shape index (κ2) is 4.36. The molecule has 1 atom stereocenters. The van der Waals surface area contributed by atoms with Crippen molar-refractivity contribution in [2.45, 2.75) is 6.92 Å². The van der Waals surface area contributed by atoms with E-state index in [1.54, 1.807) is 0 Å². The van der Waals surface area contributed by atoms with E-state index in [9.17, 15) is 0 Å². The third-order valence-corrected chi connectivity index (χ3v) is 1.67. The van der Waals surface area contributed by atoms with Crippen LogP contribution in [0.15, 0.2) is 24.3 Å². The lowest BCUT2D eigenvalue weighted by molar-refractivity contribution is 0.284. The fourth-order valence-corrected chi connectivity index (χ4v) is 0.984. The van der Waals surface area contributed by atoms with Gasteiger partial charge in [0, 0.05) is 0 Å². The van der Waals surface area contributed by atoms with Crippen molar-refractivity contribution >= 4 is 11.6 Å². The summed E-state index contributed by atoms with van der Waals surface area (Å²) in [4.78, 5) is 0. The number of benzene rings is 1. The lowest BCUT2D eigenvalue weighted by Crippen LogP contribution is -2.04. The first-order valence-corrected chi connectivity index (χ1v) is 4.28. The number of hydrogen-bond acceptors (Lipinski definition) is 1. The number of para-hydroxylation sites is 1. The van der Waals surface area contributed by atoms with Gasteiger partial charge in [0.25, 0.3) is 0 Å². The molecule has 0 aromatic heterocycles. The van der Waals surface area contributed by atoms with Gasteiger partial charge in [-0.3, -0.25) is 0 Å². The molecule has 0 aliphatic rings. The maximum Gasteiger partial charge on any atom is 0.137 e. The van der Waals surface area contributed by atoms with Gasteiger partial charge in [-0.05, 0) is 25.0 Å². The summed E-state index contributed by atoms with van der Waals surface area (Å²) in [5.41, 5.74) is 0. The molecule has 0 saturated carbocycles. The van der Waals surface area contributed by atoms with Gasteiger partial charge in [-0.1, -0.05) is 30.7 Å². The molecule has 1 nitrogen and oxygen atoms in total. The van der Waals surface area contributed by atoms with Crippen LogP contribution in [0.5, 0.6) is 5.75 Å². The van der Waals surface area contributed by atoms with E-state index < -0.39 is 0 Å². The van der Waals surface area contributed by atoms with Gasteiger partial charge in [0.2, 0.25) is 0 Å². The van der Waals surface area contributed by atoms with Crippen LogP contribution in [0.25, 0.3) is 0 Å². The molecule has 0 N–H and O–H groups in total. The highest BCUT2D eigenvalue weighted by Gasteiger charge is 2.00. The summed E-state index contributed by atoms with van der Waals surface area (Å²) in [7, 11) is 0. The Kier molecular flexibility index (Phi) is 3.42. The highest BCUT2D eigenvalue weighted by atomic mass is 35.5. The van der Waals surface area contributed by atoms with E-state index in [2.05, 4.69) is 6.92 Å². The maximum atomic E-state index is 5.86. The molecule has 2 heteroatoms. The SMILES string of the molecule is [CH2]C(C)COc1ccccc1Cl. The molecule has 0 heterocycles. The third-order valence-electron chi connectivity index (χ3n) is 1.36. The molecule has 0 aliphatic carbocycles. The predicted octanol–water partition coefficient (Wildman–Crippen LogP) is 3.19. The summed E-state index contributed by atoms with van der Waals surface area (Å²) >= 11 is 5.86. The normalized spacial score (nSPS) is 10.3. The summed E-state index contributed by atoms with van der Waals surface area (Å²) in [6, 6.07) is 7.44. The van der Waals surface area contributed by atoms with Crippen molar-refractivity contribution in [3.05, 3.63) is 36.2 Å². The Bertz CT molecular complexity index is 245. The van der Waals surface area contributed by atoms with Gasteiger partial charge in [-0.15, -0.1) is 0 Å². The first-order chi connectivity index (χ1) is 5.70. The minimum Gasteiger partial charge on any atom is -0.492 e. The van der Waals surface area contributed by atoms with Crippen LogP contribution in [-0.4, -0.2) is 6.61 Å². The monoisotopic (exact) mass is 183 g/mol. The summed E-state index contributed by atoms with van der Waals surface area (Å²) < 4.78 is 5.40. The zero-order valence-electron chi connectivity index (χ0n) is 7.09. The molecule has 65 valence electrons. The standard InChI is InChI=1S/C10H12ClO/c1-8(2)7-12-10-6-4-3-5-9(10)11/h3-6,8H,1,7H2,2H3. The second-order valence-corrected chi connectivity index (χ2v) is 3.25. The number of halogens is 1. The molecular formula is C10H12ClO. The summed E-state index contributed by atoms with van der Waals surface area (Å²) in [5, 5.41) is 0.651. The molecule has 0 aliphatic heterocycles. The molecule has 12 heavy (non-hydrogen) atoms. The fourth-order valence-electron chi connectivity index (χ4n) is 0.794. The molecule has 0 amide bonds. The van der Waals surface area contributed by atoms with E-state index in [4.69, 9.17) is 16.3 Å². The van der Waals surface area contributed by atoms with Gasteiger partial charge in [-0.25, -0.2) is 0 Å². The van der Waals surface area contributed by atoms with Crippen LogP contribution in [0.2, 0.25) is 5.02 Å². The lowest BCUT2D eigenvalue weighted by atomic mass is 10.2. The van der Waals surface area contributed by atoms with Crippen molar-refractivity contribution in [1.82, 2.24) is 0 Å². The molecule has 1 aromatic rings. The van der Waals surface area contributed by atoms with Crippen molar-refractivity contribution in [1.29, 1.82) is 0 Å². The summed E-state index contributed by atoms with van der Waals surface area (Å²) in [6.07, 6.45) is 0. The third kappa shape index (κ3) is 2.74. The Morgan fingerprint density at radius 1 is 1.50 bits per heavy atom. The molecule has 1 unspecified atom stereocenters. The lowest BCUT2D eigenvalue weighted by Gasteiger charge is -2.09. The van der Waals surface area contributed by atoms with E-state index in [-0.39, 0.29) is 5.92 Å². The first kappa shape index (κ1) is 9.40. The minimum atomic E-state index is 0.279. The fraction of sp³-hybridized carbons (Fsp3) is 0.300. The second-order valence-electron chi connectivity index (χ2n) is 2.85. The topological polar surface area (TPSA) is 9.23 Å². The largest absolute Gasteiger partial charge is 0.492 e. The molecular weight excluding hydrogens is 172 g/mol. The number of hydrogen-bond donors (Lipinski definition) is 0. The quantitative estimate of drug-likeness (QED) is 0.700. The summed E-state index contributed by atoms with van der Waals surface area (Å²) in [6.45, 7) is 6.41. The van der Waals surface area contributed by atoms with Crippen molar-refractivity contribution in [3.63, 3.8) is 0 Å². The van der Waals surface area contributed by atoms with Crippen LogP contribution in [-0.2, 0) is 0 Å². The van der Waals surface area contributed by atoms with Crippen LogP contribution in [0.3, 0.4) is 0 Å². The Morgan fingerprint density at radius 3 is 2.75 bits per heavy atom. The van der Waals surface area contributed by atoms with E-state index in [0.29, 0.717) is 11.6 Å². The molecule has 1 radical (unpaired) electrons. The molecule has 0 spiro atoms. The van der Waals surface area contributed by atoms with Gasteiger partial charge < -0.3 is 4.74 Å². The van der Waals surface area contributed by atoms with Crippen LogP contribution < -0.4 is 4.74 Å². The highest BCUT2D eigenvalue weighted by molar-refractivity contribution is 6.32. The first-order valence-electron chi connectivity index (χ1n) is 3.90. The van der Waals surface area contributed by atoms with Crippen molar-refractivity contribution in [3.8, 4) is 5.75 Å². The smallest absolute Gasteiger partial charge is 0.137 e. The zero-order chi connectivity index (χ0) is 8.97. The zero-order valence-corrected chi connectivity index (χ0v) is 7.84. The molecule has 1 rings (SSSR count). The highest BCUT2D eigenvalue weighted by Crippen LogP contribution is 2.23. The van der Waals surface area contributed by atoms with Crippen molar-refractivity contribution in [2.75, 3.05) is 6.61 Å². The average Bonchev–Trinajstić information content (AvgIpc) is 2.03. The van der Waals surface area contributed by atoms with Crippen LogP contribution >= 0.6 is 11.6 Å². The van der Waals surface area contributed by atoms with E-state index in [1.165, 1.54) is 0 Å². The van der Waals surface area contributed by atoms with Crippen LogP contribution in [0.4, 0.5) is 0 Å². The molecule has 1 aromatic carbocycles. The van der Waals surface area contributed by atoms with Crippen molar-refractivity contribution < 1.29 is 4.74 Å². The minimum absolute atomic E-state index is 0.279. The summed E-state index contributed by atoms with van der Waals surface area (Å²) in [5.74, 6) is 1.01. The average molecular weight is 184 g/mol. The van der Waals surface area contributed by atoms with E-state index >= 15 is 0 Å². The predicted molar refractivity (Wildman–Crippen MR) is 51.5 cm³/mol. The van der Waals surface area contributed by atoms with Gasteiger partial charge in [0.15, 0.2) is 0 Å². The maximum absolute atomic E-state index is 5.86. The van der Waals surface area contributed by atoms with E-state index in [0.717, 1.165) is 5.75 Å². The van der Waals surface area contributed by atoms with Gasteiger partial charge in [0.05, 0.1) is 11.6 Å². The van der Waals surface area contributed by atoms with Gasteiger partial charge in [0.1, 0.15) is 5.75 Å². The molecule has 0 saturated heterocycles. The van der Waals surface area contributed by atoms with E-state index in [1.807, 2.05) is 31.2 Å².